The summed E-state index contributed by atoms with van der Waals surface area (Å²) in [5.74, 6) is 1.34. The first kappa shape index (κ1) is 14.5. The SMILES string of the molecule is CCc1ccc(Oc2ccnc(Cl)c2)c(-c2ccccc2)n1. The molecule has 0 spiro atoms. The molecule has 110 valence electrons. The van der Waals surface area contributed by atoms with Crippen molar-refractivity contribution in [3.63, 3.8) is 0 Å². The maximum absolute atomic E-state index is 5.96. The first-order chi connectivity index (χ1) is 10.8. The third kappa shape index (κ3) is 3.26. The predicted octanol–water partition coefficient (Wildman–Crippen LogP) is 5.15. The molecule has 0 fully saturated rings. The predicted molar refractivity (Wildman–Crippen MR) is 88.4 cm³/mol. The third-order valence-corrected chi connectivity index (χ3v) is 3.46. The molecule has 4 heteroatoms. The van der Waals surface area contributed by atoms with Crippen LogP contribution in [0.4, 0.5) is 0 Å². The van der Waals surface area contributed by atoms with E-state index in [1.165, 1.54) is 0 Å². The first-order valence-electron chi connectivity index (χ1n) is 7.11. The minimum absolute atomic E-state index is 0.400. The van der Waals surface area contributed by atoms with Gasteiger partial charge in [-0.2, -0.15) is 0 Å². The minimum atomic E-state index is 0.400. The van der Waals surface area contributed by atoms with Crippen molar-refractivity contribution in [1.29, 1.82) is 0 Å². The van der Waals surface area contributed by atoms with Crippen molar-refractivity contribution < 1.29 is 4.74 Å². The summed E-state index contributed by atoms with van der Waals surface area (Å²) in [7, 11) is 0. The molecule has 3 rings (SSSR count). The summed E-state index contributed by atoms with van der Waals surface area (Å²) in [5.41, 5.74) is 2.87. The van der Waals surface area contributed by atoms with Gasteiger partial charge in [-0.25, -0.2) is 9.97 Å². The first-order valence-corrected chi connectivity index (χ1v) is 7.49. The zero-order chi connectivity index (χ0) is 15.4. The Morgan fingerprint density at radius 3 is 2.59 bits per heavy atom. The Bertz CT molecular complexity index is 775. The van der Waals surface area contributed by atoms with E-state index in [0.717, 1.165) is 23.4 Å². The van der Waals surface area contributed by atoms with Crippen molar-refractivity contribution in [2.24, 2.45) is 0 Å². The van der Waals surface area contributed by atoms with E-state index in [9.17, 15) is 0 Å². The molecule has 2 heterocycles. The molecular weight excluding hydrogens is 296 g/mol. The van der Waals surface area contributed by atoms with E-state index < -0.39 is 0 Å². The maximum Gasteiger partial charge on any atom is 0.153 e. The summed E-state index contributed by atoms with van der Waals surface area (Å²) in [6, 6.07) is 17.4. The molecule has 1 aromatic carbocycles. The molecule has 0 aliphatic rings. The fourth-order valence-electron chi connectivity index (χ4n) is 2.14. The quantitative estimate of drug-likeness (QED) is 0.625. The fraction of sp³-hybridized carbons (Fsp3) is 0.111. The largest absolute Gasteiger partial charge is 0.455 e. The van der Waals surface area contributed by atoms with Crippen molar-refractivity contribution in [3.05, 3.63) is 71.6 Å². The van der Waals surface area contributed by atoms with E-state index >= 15 is 0 Å². The van der Waals surface area contributed by atoms with E-state index in [4.69, 9.17) is 21.3 Å². The van der Waals surface area contributed by atoms with Gasteiger partial charge in [0.2, 0.25) is 0 Å². The molecule has 3 aromatic rings. The lowest BCUT2D eigenvalue weighted by molar-refractivity contribution is 0.481. The molecule has 0 saturated carbocycles. The van der Waals surface area contributed by atoms with E-state index in [2.05, 4.69) is 11.9 Å². The van der Waals surface area contributed by atoms with E-state index in [-0.39, 0.29) is 0 Å². The second-order valence-electron chi connectivity index (χ2n) is 4.79. The summed E-state index contributed by atoms with van der Waals surface area (Å²) < 4.78 is 5.96. The Kier molecular flexibility index (Phi) is 4.35. The highest BCUT2D eigenvalue weighted by Crippen LogP contribution is 2.32. The Morgan fingerprint density at radius 2 is 1.86 bits per heavy atom. The van der Waals surface area contributed by atoms with E-state index in [1.807, 2.05) is 42.5 Å². The molecule has 22 heavy (non-hydrogen) atoms. The third-order valence-electron chi connectivity index (χ3n) is 3.25. The lowest BCUT2D eigenvalue weighted by atomic mass is 10.1. The van der Waals surface area contributed by atoms with Crippen LogP contribution in [0.2, 0.25) is 5.15 Å². The van der Waals surface area contributed by atoms with Crippen LogP contribution in [0.3, 0.4) is 0 Å². The molecule has 0 unspecified atom stereocenters. The van der Waals surface area contributed by atoms with Crippen molar-refractivity contribution in [3.8, 4) is 22.8 Å². The summed E-state index contributed by atoms with van der Waals surface area (Å²) >= 11 is 5.91. The van der Waals surface area contributed by atoms with Crippen LogP contribution in [0.1, 0.15) is 12.6 Å². The standard InChI is InChI=1S/C18H15ClN2O/c1-2-14-8-9-16(22-15-10-11-20-17(19)12-15)18(21-14)13-6-4-3-5-7-13/h3-12H,2H2,1H3. The average molecular weight is 311 g/mol. The second kappa shape index (κ2) is 6.58. The van der Waals surface area contributed by atoms with Gasteiger partial charge >= 0.3 is 0 Å². The zero-order valence-electron chi connectivity index (χ0n) is 12.2. The van der Waals surface area contributed by atoms with Gasteiger partial charge in [-0.1, -0.05) is 48.9 Å². The van der Waals surface area contributed by atoms with Crippen LogP contribution in [0.25, 0.3) is 11.3 Å². The van der Waals surface area contributed by atoms with Crippen molar-refractivity contribution in [2.45, 2.75) is 13.3 Å². The number of benzene rings is 1. The monoisotopic (exact) mass is 310 g/mol. The van der Waals surface area contributed by atoms with Crippen LogP contribution in [-0.2, 0) is 6.42 Å². The molecule has 0 aliphatic heterocycles. The molecule has 0 radical (unpaired) electrons. The minimum Gasteiger partial charge on any atom is -0.455 e. The van der Waals surface area contributed by atoms with Crippen LogP contribution in [0.15, 0.2) is 60.8 Å². The lowest BCUT2D eigenvalue weighted by Crippen LogP contribution is -1.95. The maximum atomic E-state index is 5.96. The number of rotatable bonds is 4. The number of ether oxygens (including phenoxy) is 1. The smallest absolute Gasteiger partial charge is 0.153 e. The topological polar surface area (TPSA) is 35.0 Å². The van der Waals surface area contributed by atoms with Gasteiger partial charge in [0.15, 0.2) is 5.75 Å². The average Bonchev–Trinajstić information content (AvgIpc) is 2.56. The van der Waals surface area contributed by atoms with E-state index in [0.29, 0.717) is 16.7 Å². The van der Waals surface area contributed by atoms with Gasteiger partial charge < -0.3 is 4.74 Å². The number of aromatic nitrogens is 2. The second-order valence-corrected chi connectivity index (χ2v) is 5.17. The van der Waals surface area contributed by atoms with E-state index in [1.54, 1.807) is 18.3 Å². The van der Waals surface area contributed by atoms with Crippen LogP contribution in [-0.4, -0.2) is 9.97 Å². The van der Waals surface area contributed by atoms with Crippen molar-refractivity contribution >= 4 is 11.6 Å². The van der Waals surface area contributed by atoms with Gasteiger partial charge in [0.05, 0.1) is 0 Å². The number of pyridine rings is 2. The molecule has 0 atom stereocenters. The molecule has 3 nitrogen and oxygen atoms in total. The van der Waals surface area contributed by atoms with Gasteiger partial charge in [-0.15, -0.1) is 0 Å². The van der Waals surface area contributed by atoms with Crippen molar-refractivity contribution in [2.75, 3.05) is 0 Å². The molecule has 0 aliphatic carbocycles. The Hall–Kier alpha value is -2.39. The van der Waals surface area contributed by atoms with Crippen LogP contribution >= 0.6 is 11.6 Å². The number of hydrogen-bond donors (Lipinski definition) is 0. The molecule has 0 amide bonds. The Balaban J connectivity index is 2.03. The molecule has 0 bridgehead atoms. The number of aryl methyl sites for hydroxylation is 1. The highest BCUT2D eigenvalue weighted by Gasteiger charge is 2.10. The summed E-state index contributed by atoms with van der Waals surface area (Å²) in [6.07, 6.45) is 2.49. The van der Waals surface area contributed by atoms with Crippen LogP contribution < -0.4 is 4.74 Å². The summed E-state index contributed by atoms with van der Waals surface area (Å²) in [5, 5.41) is 0.400. The molecule has 2 aromatic heterocycles. The molecule has 0 N–H and O–H groups in total. The number of hydrogen-bond acceptors (Lipinski definition) is 3. The van der Waals surface area contributed by atoms with Crippen LogP contribution in [0.5, 0.6) is 11.5 Å². The van der Waals surface area contributed by atoms with Gasteiger partial charge in [-0.05, 0) is 24.6 Å². The molecular formula is C18H15ClN2O. The van der Waals surface area contributed by atoms with Crippen LogP contribution in [0, 0.1) is 0 Å². The number of nitrogens with zero attached hydrogens (tertiary/aromatic N) is 2. The van der Waals surface area contributed by atoms with Gasteiger partial charge in [0, 0.05) is 23.5 Å². The van der Waals surface area contributed by atoms with Gasteiger partial charge in [0.1, 0.15) is 16.6 Å². The highest BCUT2D eigenvalue weighted by molar-refractivity contribution is 6.29. The zero-order valence-corrected chi connectivity index (χ0v) is 12.9. The Morgan fingerprint density at radius 1 is 1.05 bits per heavy atom. The summed E-state index contributed by atoms with van der Waals surface area (Å²) in [6.45, 7) is 2.08. The summed E-state index contributed by atoms with van der Waals surface area (Å²) in [4.78, 5) is 8.67. The normalized spacial score (nSPS) is 10.5. The fourth-order valence-corrected chi connectivity index (χ4v) is 2.31. The van der Waals surface area contributed by atoms with Gasteiger partial charge in [-0.3, -0.25) is 0 Å². The lowest BCUT2D eigenvalue weighted by Gasteiger charge is -2.12. The highest BCUT2D eigenvalue weighted by atomic mass is 35.5. The molecule has 0 saturated heterocycles. The Labute approximate surface area is 134 Å². The van der Waals surface area contributed by atoms with Crippen molar-refractivity contribution in [1.82, 2.24) is 9.97 Å². The van der Waals surface area contributed by atoms with Gasteiger partial charge in [0.25, 0.3) is 0 Å². The number of halogens is 1.